The number of rotatable bonds is 3. The number of amides is 1. The Bertz CT molecular complexity index is 390. The molecule has 0 saturated carbocycles. The molecule has 92 valence electrons. The van der Waals surface area contributed by atoms with Crippen LogP contribution in [-0.2, 0) is 11.2 Å². The van der Waals surface area contributed by atoms with Gasteiger partial charge in [-0.15, -0.1) is 0 Å². The molecule has 0 aliphatic carbocycles. The van der Waals surface area contributed by atoms with E-state index in [0.29, 0.717) is 12.5 Å². The summed E-state index contributed by atoms with van der Waals surface area (Å²) in [6, 6.07) is 8.79. The summed E-state index contributed by atoms with van der Waals surface area (Å²) in [4.78, 5) is 11.2. The van der Waals surface area contributed by atoms with E-state index in [-0.39, 0.29) is 5.91 Å². The van der Waals surface area contributed by atoms with E-state index in [9.17, 15) is 4.79 Å². The van der Waals surface area contributed by atoms with Gasteiger partial charge in [-0.1, -0.05) is 25.1 Å². The molecule has 0 saturated heterocycles. The first-order valence-corrected chi connectivity index (χ1v) is 6.40. The van der Waals surface area contributed by atoms with Crippen LogP contribution >= 0.6 is 0 Å². The van der Waals surface area contributed by atoms with E-state index in [0.717, 1.165) is 19.4 Å². The molecule has 1 heterocycles. The monoisotopic (exact) mass is 232 g/mol. The number of benzene rings is 1. The van der Waals surface area contributed by atoms with Gasteiger partial charge in [0, 0.05) is 24.7 Å². The highest BCUT2D eigenvalue weighted by molar-refractivity contribution is 5.75. The van der Waals surface area contributed by atoms with Gasteiger partial charge < -0.3 is 10.6 Å². The molecule has 1 atom stereocenters. The van der Waals surface area contributed by atoms with E-state index >= 15 is 0 Å². The van der Waals surface area contributed by atoms with Crippen molar-refractivity contribution in [1.82, 2.24) is 5.32 Å². The number of aryl methyl sites for hydroxylation is 1. The Morgan fingerprint density at radius 1 is 1.47 bits per heavy atom. The number of hydrogen-bond acceptors (Lipinski definition) is 2. The van der Waals surface area contributed by atoms with E-state index < -0.39 is 0 Å². The highest BCUT2D eigenvalue weighted by atomic mass is 16.1. The molecule has 1 aliphatic heterocycles. The second kappa shape index (κ2) is 5.71. The summed E-state index contributed by atoms with van der Waals surface area (Å²) < 4.78 is 0. The largest absolute Gasteiger partial charge is 0.380 e. The van der Waals surface area contributed by atoms with Crippen LogP contribution in [0.3, 0.4) is 0 Å². The minimum Gasteiger partial charge on any atom is -0.380 e. The molecule has 1 aromatic rings. The molecule has 17 heavy (non-hydrogen) atoms. The standard InChI is InChI=1S/C14H20N2O/c1-2-14(17)15-10-12-8-5-7-11-6-3-4-9-13(11)16-12/h3-4,6,9,12,16H,2,5,7-8,10H2,1H3,(H,15,17). The quantitative estimate of drug-likeness (QED) is 0.839. The Morgan fingerprint density at radius 2 is 2.29 bits per heavy atom. The molecule has 2 N–H and O–H groups in total. The van der Waals surface area contributed by atoms with Gasteiger partial charge in [0.05, 0.1) is 0 Å². The average molecular weight is 232 g/mol. The van der Waals surface area contributed by atoms with Crippen LogP contribution in [0.5, 0.6) is 0 Å². The number of hydrogen-bond donors (Lipinski definition) is 2. The lowest BCUT2D eigenvalue weighted by Gasteiger charge is -2.18. The van der Waals surface area contributed by atoms with Crippen molar-refractivity contribution >= 4 is 11.6 Å². The predicted octanol–water partition coefficient (Wildman–Crippen LogP) is 2.33. The molecule has 0 bridgehead atoms. The summed E-state index contributed by atoms with van der Waals surface area (Å²) in [5, 5.41) is 6.48. The smallest absolute Gasteiger partial charge is 0.219 e. The van der Waals surface area contributed by atoms with Gasteiger partial charge in [0.15, 0.2) is 0 Å². The molecular formula is C14H20N2O. The van der Waals surface area contributed by atoms with Crippen LogP contribution in [0.25, 0.3) is 0 Å². The minimum absolute atomic E-state index is 0.129. The van der Waals surface area contributed by atoms with Crippen molar-refractivity contribution in [3.8, 4) is 0 Å². The second-order valence-corrected chi connectivity index (χ2v) is 4.55. The summed E-state index contributed by atoms with van der Waals surface area (Å²) >= 11 is 0. The first-order valence-electron chi connectivity index (χ1n) is 6.40. The topological polar surface area (TPSA) is 41.1 Å². The maximum absolute atomic E-state index is 11.2. The van der Waals surface area contributed by atoms with Crippen LogP contribution in [0.2, 0.25) is 0 Å². The van der Waals surface area contributed by atoms with Crippen LogP contribution in [0.4, 0.5) is 5.69 Å². The van der Waals surface area contributed by atoms with Crippen LogP contribution < -0.4 is 10.6 Å². The lowest BCUT2D eigenvalue weighted by molar-refractivity contribution is -0.120. The fourth-order valence-electron chi connectivity index (χ4n) is 2.23. The third-order valence-electron chi connectivity index (χ3n) is 3.24. The number of anilines is 1. The van der Waals surface area contributed by atoms with Gasteiger partial charge in [0.2, 0.25) is 5.91 Å². The van der Waals surface area contributed by atoms with Crippen LogP contribution in [0.15, 0.2) is 24.3 Å². The number of carbonyl (C=O) groups is 1. The normalized spacial score (nSPS) is 18.8. The van der Waals surface area contributed by atoms with Crippen molar-refractivity contribution < 1.29 is 4.79 Å². The molecular weight excluding hydrogens is 212 g/mol. The van der Waals surface area contributed by atoms with Crippen molar-refractivity contribution in [3.63, 3.8) is 0 Å². The van der Waals surface area contributed by atoms with Gasteiger partial charge in [0.1, 0.15) is 0 Å². The van der Waals surface area contributed by atoms with Crippen LogP contribution in [-0.4, -0.2) is 18.5 Å². The third kappa shape index (κ3) is 3.22. The zero-order valence-corrected chi connectivity index (χ0v) is 10.3. The SMILES string of the molecule is CCC(=O)NCC1CCCc2ccccc2N1. The lowest BCUT2D eigenvalue weighted by Crippen LogP contribution is -2.35. The fourth-order valence-corrected chi connectivity index (χ4v) is 2.23. The summed E-state index contributed by atoms with van der Waals surface area (Å²) in [6.07, 6.45) is 3.97. The lowest BCUT2D eigenvalue weighted by atomic mass is 10.1. The molecule has 0 fully saturated rings. The van der Waals surface area contributed by atoms with Crippen molar-refractivity contribution in [1.29, 1.82) is 0 Å². The number of carbonyl (C=O) groups excluding carboxylic acids is 1. The maximum Gasteiger partial charge on any atom is 0.219 e. The van der Waals surface area contributed by atoms with Gasteiger partial charge in [-0.2, -0.15) is 0 Å². The van der Waals surface area contributed by atoms with Crippen molar-refractivity contribution in [2.24, 2.45) is 0 Å². The van der Waals surface area contributed by atoms with Crippen molar-refractivity contribution in [2.45, 2.75) is 38.6 Å². The predicted molar refractivity (Wildman–Crippen MR) is 70.1 cm³/mol. The van der Waals surface area contributed by atoms with E-state index in [1.54, 1.807) is 0 Å². The Labute approximate surface area is 103 Å². The Balaban J connectivity index is 1.96. The average Bonchev–Trinajstić information content (AvgIpc) is 2.57. The Morgan fingerprint density at radius 3 is 3.12 bits per heavy atom. The zero-order valence-electron chi connectivity index (χ0n) is 10.3. The van der Waals surface area contributed by atoms with Crippen molar-refractivity contribution in [3.05, 3.63) is 29.8 Å². The van der Waals surface area contributed by atoms with Crippen LogP contribution in [0, 0.1) is 0 Å². The van der Waals surface area contributed by atoms with E-state index in [4.69, 9.17) is 0 Å². The Hall–Kier alpha value is -1.51. The minimum atomic E-state index is 0.129. The van der Waals surface area contributed by atoms with Gasteiger partial charge in [-0.3, -0.25) is 4.79 Å². The molecule has 1 unspecified atom stereocenters. The summed E-state index contributed by atoms with van der Waals surface area (Å²) in [5.74, 6) is 0.129. The molecule has 1 amide bonds. The van der Waals surface area contributed by atoms with Gasteiger partial charge in [-0.05, 0) is 30.9 Å². The van der Waals surface area contributed by atoms with Gasteiger partial charge in [0.25, 0.3) is 0 Å². The molecule has 0 spiro atoms. The first-order chi connectivity index (χ1) is 8.29. The van der Waals surface area contributed by atoms with Crippen LogP contribution in [0.1, 0.15) is 31.7 Å². The molecule has 3 nitrogen and oxygen atoms in total. The van der Waals surface area contributed by atoms with E-state index in [1.165, 1.54) is 17.7 Å². The molecule has 3 heteroatoms. The van der Waals surface area contributed by atoms with E-state index in [2.05, 4.69) is 34.9 Å². The molecule has 0 aromatic heterocycles. The molecule has 0 radical (unpaired) electrons. The highest BCUT2D eigenvalue weighted by Crippen LogP contribution is 2.23. The number of fused-ring (bicyclic) bond motifs is 1. The Kier molecular flexibility index (Phi) is 4.02. The summed E-state index contributed by atoms with van der Waals surface area (Å²) in [6.45, 7) is 2.60. The summed E-state index contributed by atoms with van der Waals surface area (Å²) in [5.41, 5.74) is 2.61. The zero-order chi connectivity index (χ0) is 12.1. The van der Waals surface area contributed by atoms with E-state index in [1.807, 2.05) is 6.92 Å². The molecule has 1 aromatic carbocycles. The fraction of sp³-hybridized carbons (Fsp3) is 0.500. The van der Waals surface area contributed by atoms with Crippen molar-refractivity contribution in [2.75, 3.05) is 11.9 Å². The number of nitrogens with one attached hydrogen (secondary N) is 2. The first kappa shape index (κ1) is 12.0. The van der Waals surface area contributed by atoms with Gasteiger partial charge >= 0.3 is 0 Å². The third-order valence-corrected chi connectivity index (χ3v) is 3.24. The second-order valence-electron chi connectivity index (χ2n) is 4.55. The highest BCUT2D eigenvalue weighted by Gasteiger charge is 2.15. The van der Waals surface area contributed by atoms with Gasteiger partial charge in [-0.25, -0.2) is 0 Å². The maximum atomic E-state index is 11.2. The summed E-state index contributed by atoms with van der Waals surface area (Å²) in [7, 11) is 0. The molecule has 2 rings (SSSR count). The molecule has 1 aliphatic rings. The number of para-hydroxylation sites is 1.